The molecule has 0 bridgehead atoms. The largest absolute Gasteiger partial charge is 0.480 e. The third-order valence-corrected chi connectivity index (χ3v) is 4.23. The molecule has 0 saturated carbocycles. The predicted molar refractivity (Wildman–Crippen MR) is 70.8 cm³/mol. The quantitative estimate of drug-likeness (QED) is 0.684. The average molecular weight is 258 g/mol. The lowest BCUT2D eigenvalue weighted by atomic mass is 9.90. The van der Waals surface area contributed by atoms with Gasteiger partial charge in [0, 0.05) is 4.75 Å². The molecule has 4 nitrogen and oxygen atoms in total. The molecule has 0 aromatic carbocycles. The van der Waals surface area contributed by atoms with Crippen molar-refractivity contribution in [3.63, 3.8) is 0 Å². The van der Waals surface area contributed by atoms with Gasteiger partial charge in [-0.1, -0.05) is 0 Å². The molecule has 98 valence electrons. The second-order valence-corrected chi connectivity index (χ2v) is 7.12. The molecule has 0 heterocycles. The van der Waals surface area contributed by atoms with E-state index >= 15 is 0 Å². The van der Waals surface area contributed by atoms with E-state index in [0.29, 0.717) is 0 Å². The van der Waals surface area contributed by atoms with Crippen LogP contribution in [0.4, 0.5) is 0 Å². The Kier molecular flexibility index (Phi) is 6.00. The first kappa shape index (κ1) is 16.3. The number of carboxylic acids is 1. The van der Waals surface area contributed by atoms with Gasteiger partial charge in [0.1, 0.15) is 6.04 Å². The molecule has 0 spiro atoms. The molecule has 3 N–H and O–H groups in total. The fraction of sp³-hybridized carbons (Fsp3) is 0.833. The molecule has 0 unspecified atom stereocenters. The molecule has 0 rings (SSSR count). The second-order valence-electron chi connectivity index (χ2n) is 5.37. The van der Waals surface area contributed by atoms with E-state index in [2.05, 4.69) is 6.07 Å². The fourth-order valence-electron chi connectivity index (χ4n) is 1.29. The van der Waals surface area contributed by atoms with E-state index in [-0.39, 0.29) is 5.41 Å². The van der Waals surface area contributed by atoms with Gasteiger partial charge in [-0.05, 0) is 46.3 Å². The van der Waals surface area contributed by atoms with Gasteiger partial charge in [-0.3, -0.25) is 4.79 Å². The Morgan fingerprint density at radius 2 is 2.00 bits per heavy atom. The SMILES string of the molecule is CC(C)(C#N)CCCSC(C)(C)[C@@H](N)C(=O)O. The normalized spacial score (nSPS) is 14.1. The van der Waals surface area contributed by atoms with E-state index in [9.17, 15) is 4.79 Å². The highest BCUT2D eigenvalue weighted by molar-refractivity contribution is 8.00. The molecule has 0 aliphatic rings. The highest BCUT2D eigenvalue weighted by Crippen LogP contribution is 2.30. The van der Waals surface area contributed by atoms with Crippen LogP contribution in [0, 0.1) is 16.7 Å². The van der Waals surface area contributed by atoms with Gasteiger partial charge in [0.2, 0.25) is 0 Å². The zero-order chi connectivity index (χ0) is 13.7. The van der Waals surface area contributed by atoms with E-state index in [4.69, 9.17) is 16.1 Å². The molecule has 0 radical (unpaired) electrons. The first-order chi connectivity index (χ1) is 7.62. The summed E-state index contributed by atoms with van der Waals surface area (Å²) in [6.45, 7) is 7.50. The van der Waals surface area contributed by atoms with Crippen LogP contribution in [-0.2, 0) is 4.79 Å². The topological polar surface area (TPSA) is 87.1 Å². The minimum atomic E-state index is -0.972. The smallest absolute Gasteiger partial charge is 0.321 e. The molecule has 0 aliphatic heterocycles. The summed E-state index contributed by atoms with van der Waals surface area (Å²) in [5.41, 5.74) is 5.31. The summed E-state index contributed by atoms with van der Waals surface area (Å²) >= 11 is 1.55. The molecule has 5 heteroatoms. The van der Waals surface area contributed by atoms with Crippen molar-refractivity contribution in [2.24, 2.45) is 11.1 Å². The third kappa shape index (κ3) is 5.94. The maximum absolute atomic E-state index is 10.8. The van der Waals surface area contributed by atoms with E-state index in [1.165, 1.54) is 0 Å². The molecular formula is C12H22N2O2S. The van der Waals surface area contributed by atoms with Crippen molar-refractivity contribution in [2.75, 3.05) is 5.75 Å². The summed E-state index contributed by atoms with van der Waals surface area (Å²) in [6.07, 6.45) is 1.70. The zero-order valence-electron chi connectivity index (χ0n) is 11.0. The number of aliphatic carboxylic acids is 1. The molecule has 0 aliphatic carbocycles. The number of carboxylic acid groups (broad SMARTS) is 1. The highest BCUT2D eigenvalue weighted by Gasteiger charge is 2.32. The molecule has 0 fully saturated rings. The van der Waals surface area contributed by atoms with Crippen molar-refractivity contribution in [1.82, 2.24) is 0 Å². The van der Waals surface area contributed by atoms with Gasteiger partial charge < -0.3 is 10.8 Å². The summed E-state index contributed by atoms with van der Waals surface area (Å²) in [4.78, 5) is 10.8. The van der Waals surface area contributed by atoms with Crippen LogP contribution < -0.4 is 5.73 Å². The Morgan fingerprint density at radius 3 is 2.41 bits per heavy atom. The Morgan fingerprint density at radius 1 is 1.47 bits per heavy atom. The van der Waals surface area contributed by atoms with Crippen molar-refractivity contribution in [2.45, 2.75) is 51.3 Å². The summed E-state index contributed by atoms with van der Waals surface area (Å²) < 4.78 is -0.484. The van der Waals surface area contributed by atoms with Crippen molar-refractivity contribution in [3.8, 4) is 6.07 Å². The van der Waals surface area contributed by atoms with Gasteiger partial charge in [-0.15, -0.1) is 0 Å². The number of nitriles is 1. The van der Waals surface area contributed by atoms with E-state index in [1.54, 1.807) is 11.8 Å². The Hall–Kier alpha value is -0.730. The van der Waals surface area contributed by atoms with Gasteiger partial charge in [0.25, 0.3) is 0 Å². The first-order valence-electron chi connectivity index (χ1n) is 5.66. The van der Waals surface area contributed by atoms with E-state index in [0.717, 1.165) is 18.6 Å². The first-order valence-corrected chi connectivity index (χ1v) is 6.64. The monoisotopic (exact) mass is 258 g/mol. The van der Waals surface area contributed by atoms with Crippen molar-refractivity contribution in [1.29, 1.82) is 5.26 Å². The molecule has 0 aromatic heterocycles. The zero-order valence-corrected chi connectivity index (χ0v) is 11.8. The maximum Gasteiger partial charge on any atom is 0.321 e. The second kappa shape index (κ2) is 6.27. The van der Waals surface area contributed by atoms with Crippen LogP contribution in [0.2, 0.25) is 0 Å². The van der Waals surface area contributed by atoms with Crippen molar-refractivity contribution < 1.29 is 9.90 Å². The van der Waals surface area contributed by atoms with Crippen molar-refractivity contribution >= 4 is 17.7 Å². The van der Waals surface area contributed by atoms with Crippen LogP contribution in [0.3, 0.4) is 0 Å². The lowest BCUT2D eigenvalue weighted by Gasteiger charge is -2.28. The summed E-state index contributed by atoms with van der Waals surface area (Å²) in [7, 11) is 0. The molecule has 0 aromatic rings. The minimum Gasteiger partial charge on any atom is -0.480 e. The van der Waals surface area contributed by atoms with Gasteiger partial charge >= 0.3 is 5.97 Å². The minimum absolute atomic E-state index is 0.306. The number of hydrogen-bond acceptors (Lipinski definition) is 4. The van der Waals surface area contributed by atoms with Gasteiger partial charge in [0.05, 0.1) is 11.5 Å². The van der Waals surface area contributed by atoms with Crippen LogP contribution in [0.25, 0.3) is 0 Å². The third-order valence-electron chi connectivity index (χ3n) is 2.74. The van der Waals surface area contributed by atoms with Crippen LogP contribution in [-0.4, -0.2) is 27.6 Å². The summed E-state index contributed by atoms with van der Waals surface area (Å²) in [5.74, 6) is -0.154. The number of nitrogens with zero attached hydrogens (tertiary/aromatic N) is 1. The molecule has 0 saturated heterocycles. The fourth-order valence-corrected chi connectivity index (χ4v) is 2.39. The Labute approximate surface area is 108 Å². The van der Waals surface area contributed by atoms with Crippen LogP contribution >= 0.6 is 11.8 Å². The molecule has 17 heavy (non-hydrogen) atoms. The summed E-state index contributed by atoms with van der Waals surface area (Å²) in [6, 6.07) is 1.39. The number of rotatable bonds is 7. The lowest BCUT2D eigenvalue weighted by Crippen LogP contribution is -2.46. The summed E-state index contributed by atoms with van der Waals surface area (Å²) in [5, 5.41) is 17.7. The van der Waals surface area contributed by atoms with E-state index in [1.807, 2.05) is 27.7 Å². The number of hydrogen-bond donors (Lipinski definition) is 2. The molecule has 0 amide bonds. The molecule has 1 atom stereocenters. The standard InChI is InChI=1S/C12H22N2O2S/c1-11(2,8-13)6-5-7-17-12(3,4)9(14)10(15)16/h9H,5-7,14H2,1-4H3,(H,15,16)/t9-/m0/s1. The highest BCUT2D eigenvalue weighted by atomic mass is 32.2. The Balaban J connectivity index is 4.05. The van der Waals surface area contributed by atoms with Crippen molar-refractivity contribution in [3.05, 3.63) is 0 Å². The number of nitrogens with two attached hydrogens (primary N) is 1. The van der Waals surface area contributed by atoms with E-state index < -0.39 is 16.8 Å². The van der Waals surface area contributed by atoms with Gasteiger partial charge in [-0.25, -0.2) is 0 Å². The number of thioether (sulfide) groups is 1. The van der Waals surface area contributed by atoms with Gasteiger partial charge in [0.15, 0.2) is 0 Å². The van der Waals surface area contributed by atoms with Crippen LogP contribution in [0.1, 0.15) is 40.5 Å². The maximum atomic E-state index is 10.8. The lowest BCUT2D eigenvalue weighted by molar-refractivity contribution is -0.139. The Bertz CT molecular complexity index is 308. The molecular weight excluding hydrogens is 236 g/mol. The van der Waals surface area contributed by atoms with Gasteiger partial charge in [-0.2, -0.15) is 17.0 Å². The average Bonchev–Trinajstić information content (AvgIpc) is 2.23. The number of carbonyl (C=O) groups is 1. The van der Waals surface area contributed by atoms with Crippen LogP contribution in [0.5, 0.6) is 0 Å². The predicted octanol–water partition coefficient (Wildman–Crippen LogP) is 2.24. The van der Waals surface area contributed by atoms with Crippen LogP contribution in [0.15, 0.2) is 0 Å².